The standard InChI is InChI=1S/C15H13Cl2NO/c1-10(11-5-3-2-4-6-11)15(19)18-14-8-7-12(16)9-13(14)17/h2-10H,1H3,(H,18,19)/t10-/m1/s1. The summed E-state index contributed by atoms with van der Waals surface area (Å²) in [4.78, 5) is 12.1. The molecule has 2 rings (SSSR count). The topological polar surface area (TPSA) is 29.1 Å². The van der Waals surface area contributed by atoms with Gasteiger partial charge in [-0.15, -0.1) is 0 Å². The first-order valence-corrected chi connectivity index (χ1v) is 6.64. The van der Waals surface area contributed by atoms with Gasteiger partial charge in [-0.05, 0) is 30.7 Å². The first kappa shape index (κ1) is 13.9. The summed E-state index contributed by atoms with van der Waals surface area (Å²) in [6.07, 6.45) is 0. The van der Waals surface area contributed by atoms with Gasteiger partial charge in [0, 0.05) is 5.02 Å². The Morgan fingerprint density at radius 2 is 1.79 bits per heavy atom. The summed E-state index contributed by atoms with van der Waals surface area (Å²) in [7, 11) is 0. The molecule has 4 heteroatoms. The lowest BCUT2D eigenvalue weighted by Crippen LogP contribution is -2.18. The van der Waals surface area contributed by atoms with E-state index in [-0.39, 0.29) is 11.8 Å². The smallest absolute Gasteiger partial charge is 0.231 e. The summed E-state index contributed by atoms with van der Waals surface area (Å²) < 4.78 is 0. The third-order valence-corrected chi connectivity index (χ3v) is 3.43. The minimum Gasteiger partial charge on any atom is -0.324 e. The van der Waals surface area contributed by atoms with Crippen LogP contribution in [-0.4, -0.2) is 5.91 Å². The zero-order chi connectivity index (χ0) is 13.8. The van der Waals surface area contributed by atoms with Crippen LogP contribution in [0.3, 0.4) is 0 Å². The van der Waals surface area contributed by atoms with Crippen LogP contribution in [0.1, 0.15) is 18.4 Å². The molecule has 0 saturated carbocycles. The molecule has 98 valence electrons. The molecule has 1 amide bonds. The van der Waals surface area contributed by atoms with Gasteiger partial charge in [0.1, 0.15) is 0 Å². The number of carbonyl (C=O) groups is 1. The zero-order valence-electron chi connectivity index (χ0n) is 10.4. The van der Waals surface area contributed by atoms with Crippen LogP contribution in [0.4, 0.5) is 5.69 Å². The number of carbonyl (C=O) groups excluding carboxylic acids is 1. The molecule has 0 heterocycles. The Bertz CT molecular complexity index is 584. The molecular weight excluding hydrogens is 281 g/mol. The fourth-order valence-electron chi connectivity index (χ4n) is 1.72. The molecular formula is C15H13Cl2NO. The lowest BCUT2D eigenvalue weighted by Gasteiger charge is -2.13. The highest BCUT2D eigenvalue weighted by atomic mass is 35.5. The molecule has 0 saturated heterocycles. The maximum atomic E-state index is 12.1. The van der Waals surface area contributed by atoms with Crippen molar-refractivity contribution in [3.8, 4) is 0 Å². The van der Waals surface area contributed by atoms with Crippen molar-refractivity contribution in [1.82, 2.24) is 0 Å². The molecule has 0 aromatic heterocycles. The number of nitrogens with one attached hydrogen (secondary N) is 1. The monoisotopic (exact) mass is 293 g/mol. The van der Waals surface area contributed by atoms with E-state index in [0.29, 0.717) is 15.7 Å². The maximum absolute atomic E-state index is 12.1. The highest BCUT2D eigenvalue weighted by Gasteiger charge is 2.16. The molecule has 0 aliphatic rings. The highest BCUT2D eigenvalue weighted by molar-refractivity contribution is 6.36. The summed E-state index contributed by atoms with van der Waals surface area (Å²) in [5.74, 6) is -0.344. The van der Waals surface area contributed by atoms with Crippen molar-refractivity contribution in [2.75, 3.05) is 5.32 Å². The van der Waals surface area contributed by atoms with Crippen LogP contribution >= 0.6 is 23.2 Å². The molecule has 0 spiro atoms. The first-order chi connectivity index (χ1) is 9.08. The number of hydrogen-bond acceptors (Lipinski definition) is 1. The largest absolute Gasteiger partial charge is 0.324 e. The highest BCUT2D eigenvalue weighted by Crippen LogP contribution is 2.26. The van der Waals surface area contributed by atoms with Crippen molar-refractivity contribution >= 4 is 34.8 Å². The molecule has 2 aromatic carbocycles. The van der Waals surface area contributed by atoms with Gasteiger partial charge in [0.05, 0.1) is 16.6 Å². The molecule has 2 aromatic rings. The van der Waals surface area contributed by atoms with Crippen LogP contribution in [0.2, 0.25) is 10.0 Å². The van der Waals surface area contributed by atoms with E-state index in [1.54, 1.807) is 18.2 Å². The molecule has 0 radical (unpaired) electrons. The normalized spacial score (nSPS) is 11.9. The van der Waals surface area contributed by atoms with Gasteiger partial charge in [-0.2, -0.15) is 0 Å². The van der Waals surface area contributed by atoms with Gasteiger partial charge in [0.25, 0.3) is 0 Å². The van der Waals surface area contributed by atoms with E-state index in [9.17, 15) is 4.79 Å². The first-order valence-electron chi connectivity index (χ1n) is 5.89. The Hall–Kier alpha value is -1.51. The average molecular weight is 294 g/mol. The van der Waals surface area contributed by atoms with Crippen LogP contribution in [0.5, 0.6) is 0 Å². The number of amides is 1. The van der Waals surface area contributed by atoms with Crippen LogP contribution in [0.15, 0.2) is 48.5 Å². The van der Waals surface area contributed by atoms with Crippen molar-refractivity contribution in [2.24, 2.45) is 0 Å². The molecule has 0 bridgehead atoms. The van der Waals surface area contributed by atoms with Gasteiger partial charge in [-0.1, -0.05) is 53.5 Å². The van der Waals surface area contributed by atoms with E-state index in [1.165, 1.54) is 0 Å². The van der Waals surface area contributed by atoms with Crippen molar-refractivity contribution in [3.63, 3.8) is 0 Å². The fraction of sp³-hybridized carbons (Fsp3) is 0.133. The summed E-state index contributed by atoms with van der Waals surface area (Å²) in [5, 5.41) is 3.78. The van der Waals surface area contributed by atoms with Crippen LogP contribution in [0, 0.1) is 0 Å². The number of halogens is 2. The van der Waals surface area contributed by atoms with Gasteiger partial charge < -0.3 is 5.32 Å². The van der Waals surface area contributed by atoms with E-state index in [4.69, 9.17) is 23.2 Å². The number of rotatable bonds is 3. The van der Waals surface area contributed by atoms with Gasteiger partial charge in [0.2, 0.25) is 5.91 Å². The lowest BCUT2D eigenvalue weighted by molar-refractivity contribution is -0.117. The predicted molar refractivity (Wildman–Crippen MR) is 79.9 cm³/mol. The SMILES string of the molecule is C[C@@H](C(=O)Nc1ccc(Cl)cc1Cl)c1ccccc1. The number of benzene rings is 2. The van der Waals surface area contributed by atoms with Gasteiger partial charge in [-0.3, -0.25) is 4.79 Å². The molecule has 0 unspecified atom stereocenters. The third-order valence-electron chi connectivity index (χ3n) is 2.88. The molecule has 19 heavy (non-hydrogen) atoms. The van der Waals surface area contributed by atoms with Crippen molar-refractivity contribution in [1.29, 1.82) is 0 Å². The fourth-order valence-corrected chi connectivity index (χ4v) is 2.18. The van der Waals surface area contributed by atoms with E-state index in [1.807, 2.05) is 37.3 Å². The van der Waals surface area contributed by atoms with Gasteiger partial charge in [0.15, 0.2) is 0 Å². The molecule has 1 atom stereocenters. The van der Waals surface area contributed by atoms with E-state index >= 15 is 0 Å². The number of anilines is 1. The Kier molecular flexibility index (Phi) is 4.46. The van der Waals surface area contributed by atoms with Crippen LogP contribution in [-0.2, 0) is 4.79 Å². The summed E-state index contributed by atoms with van der Waals surface area (Å²) >= 11 is 11.8. The van der Waals surface area contributed by atoms with Crippen molar-refractivity contribution in [2.45, 2.75) is 12.8 Å². The Morgan fingerprint density at radius 3 is 2.42 bits per heavy atom. The zero-order valence-corrected chi connectivity index (χ0v) is 11.9. The van der Waals surface area contributed by atoms with Gasteiger partial charge in [-0.25, -0.2) is 0 Å². The molecule has 2 nitrogen and oxygen atoms in total. The molecule has 0 fully saturated rings. The second-order valence-corrected chi connectivity index (χ2v) is 5.09. The second kappa shape index (κ2) is 6.09. The molecule has 0 aliphatic heterocycles. The van der Waals surface area contributed by atoms with Crippen molar-refractivity contribution in [3.05, 3.63) is 64.1 Å². The predicted octanol–water partition coefficient (Wildman–Crippen LogP) is 4.74. The lowest BCUT2D eigenvalue weighted by atomic mass is 10.0. The quantitative estimate of drug-likeness (QED) is 0.870. The van der Waals surface area contributed by atoms with E-state index in [0.717, 1.165) is 5.56 Å². The summed E-state index contributed by atoms with van der Waals surface area (Å²) in [6.45, 7) is 1.86. The number of hydrogen-bond donors (Lipinski definition) is 1. The Labute approximate surface area is 122 Å². The minimum absolute atomic E-state index is 0.101. The van der Waals surface area contributed by atoms with Gasteiger partial charge >= 0.3 is 0 Å². The van der Waals surface area contributed by atoms with E-state index < -0.39 is 0 Å². The Balaban J connectivity index is 2.13. The molecule has 0 aliphatic carbocycles. The van der Waals surface area contributed by atoms with Crippen LogP contribution < -0.4 is 5.32 Å². The van der Waals surface area contributed by atoms with Crippen molar-refractivity contribution < 1.29 is 4.79 Å². The van der Waals surface area contributed by atoms with E-state index in [2.05, 4.69) is 5.32 Å². The average Bonchev–Trinajstić information content (AvgIpc) is 2.42. The van der Waals surface area contributed by atoms with Crippen LogP contribution in [0.25, 0.3) is 0 Å². The minimum atomic E-state index is -0.243. The molecule has 1 N–H and O–H groups in total. The summed E-state index contributed by atoms with van der Waals surface area (Å²) in [6, 6.07) is 14.6. The Morgan fingerprint density at radius 1 is 1.11 bits per heavy atom. The maximum Gasteiger partial charge on any atom is 0.231 e. The second-order valence-electron chi connectivity index (χ2n) is 4.25. The summed E-state index contributed by atoms with van der Waals surface area (Å²) in [5.41, 5.74) is 1.53. The third kappa shape index (κ3) is 3.49.